The molecule has 0 unspecified atom stereocenters. The van der Waals surface area contributed by atoms with Gasteiger partial charge in [-0.3, -0.25) is 19.1 Å². The Bertz CT molecular complexity index is 1360. The van der Waals surface area contributed by atoms with Crippen molar-refractivity contribution in [1.29, 1.82) is 0 Å². The van der Waals surface area contributed by atoms with E-state index in [1.165, 1.54) is 18.2 Å². The van der Waals surface area contributed by atoms with Gasteiger partial charge in [0.1, 0.15) is 5.54 Å². The third kappa shape index (κ3) is 6.42. The Balaban J connectivity index is 1.34. The number of hydrogen-bond acceptors (Lipinski definition) is 6. The molecule has 13 heteroatoms. The van der Waals surface area contributed by atoms with Gasteiger partial charge in [-0.05, 0) is 62.6 Å². The molecule has 0 spiro atoms. The smallest absolute Gasteiger partial charge is 0.387 e. The van der Waals surface area contributed by atoms with Crippen molar-refractivity contribution in [1.82, 2.24) is 19.6 Å². The van der Waals surface area contributed by atoms with E-state index in [1.807, 2.05) is 24.8 Å². The number of carbonyl (C=O) groups excluding carboxylic acids is 2. The molecule has 44 heavy (non-hydrogen) atoms. The summed E-state index contributed by atoms with van der Waals surface area (Å²) in [4.78, 5) is 43.4. The zero-order valence-corrected chi connectivity index (χ0v) is 25.9. The second-order valence-electron chi connectivity index (χ2n) is 12.6. The van der Waals surface area contributed by atoms with Crippen molar-refractivity contribution in [2.45, 2.75) is 76.9 Å². The van der Waals surface area contributed by atoms with E-state index >= 15 is 0 Å². The Morgan fingerprint density at radius 1 is 1.09 bits per heavy atom. The monoisotopic (exact) mass is 635 g/mol. The fourth-order valence-corrected chi connectivity index (χ4v) is 6.85. The Morgan fingerprint density at radius 2 is 1.77 bits per heavy atom. The van der Waals surface area contributed by atoms with Gasteiger partial charge in [0, 0.05) is 61.6 Å². The fourth-order valence-electron chi connectivity index (χ4n) is 6.69. The first-order chi connectivity index (χ1) is 20.9. The van der Waals surface area contributed by atoms with E-state index < -0.39 is 29.4 Å². The molecule has 0 atom stereocenters. The molecule has 3 heterocycles. The number of carbonyl (C=O) groups is 3. The number of nitrogens with zero attached hydrogens (tertiary/aromatic N) is 4. The number of ether oxygens (including phenoxy) is 1. The number of piperidine rings is 2. The predicted octanol–water partition coefficient (Wildman–Crippen LogP) is 5.18. The molecule has 2 saturated heterocycles. The number of aromatic nitrogens is 2. The van der Waals surface area contributed by atoms with Crippen LogP contribution in [-0.2, 0) is 19.9 Å². The molecule has 1 aliphatic carbocycles. The van der Waals surface area contributed by atoms with Crippen molar-refractivity contribution >= 4 is 35.1 Å². The van der Waals surface area contributed by atoms with Crippen LogP contribution in [0.25, 0.3) is 0 Å². The molecule has 240 valence electrons. The van der Waals surface area contributed by atoms with Gasteiger partial charge in [-0.15, -0.1) is 0 Å². The largest absolute Gasteiger partial charge is 0.481 e. The van der Waals surface area contributed by atoms with Crippen molar-refractivity contribution < 1.29 is 33.0 Å². The Kier molecular flexibility index (Phi) is 9.50. The number of hydrogen-bond donors (Lipinski definition) is 2. The quantitative estimate of drug-likeness (QED) is 0.369. The fraction of sp³-hybridized carbons (Fsp3) is 0.613. The maximum absolute atomic E-state index is 14.1. The number of aliphatic carboxylic acids is 1. The maximum atomic E-state index is 14.1. The molecule has 0 bridgehead atoms. The minimum absolute atomic E-state index is 0.0524. The van der Waals surface area contributed by atoms with Gasteiger partial charge in [-0.1, -0.05) is 31.9 Å². The van der Waals surface area contributed by atoms with Gasteiger partial charge in [0.2, 0.25) is 5.91 Å². The normalized spacial score (nSPS) is 20.4. The van der Waals surface area contributed by atoms with E-state index in [2.05, 4.69) is 20.1 Å². The van der Waals surface area contributed by atoms with Crippen LogP contribution in [0, 0.1) is 11.3 Å². The number of rotatable bonds is 10. The number of anilines is 1. The number of nitrogens with one attached hydrogen (secondary N) is 1. The molecule has 1 aromatic heterocycles. The molecule has 2 aromatic rings. The molecule has 3 fully saturated rings. The predicted molar refractivity (Wildman–Crippen MR) is 160 cm³/mol. The molecule has 3 aliphatic rings. The Morgan fingerprint density at radius 3 is 2.34 bits per heavy atom. The van der Waals surface area contributed by atoms with Crippen LogP contribution in [0.1, 0.15) is 70.4 Å². The summed E-state index contributed by atoms with van der Waals surface area (Å²) in [5.74, 6) is -1.27. The van der Waals surface area contributed by atoms with Crippen LogP contribution in [0.5, 0.6) is 5.75 Å². The maximum Gasteiger partial charge on any atom is 0.387 e. The summed E-state index contributed by atoms with van der Waals surface area (Å²) in [6, 6.07) is 5.99. The van der Waals surface area contributed by atoms with Crippen LogP contribution < -0.4 is 10.1 Å². The molecule has 1 saturated carbocycles. The summed E-state index contributed by atoms with van der Waals surface area (Å²) in [5, 5.41) is 17.9. The van der Waals surface area contributed by atoms with Crippen LogP contribution in [0.4, 0.5) is 14.5 Å². The minimum atomic E-state index is -3.11. The molecule has 2 N–H and O–H groups in total. The van der Waals surface area contributed by atoms with Gasteiger partial charge in [0.25, 0.3) is 5.91 Å². The molecule has 2 aliphatic heterocycles. The molecular formula is C31H40ClF2N5O5. The van der Waals surface area contributed by atoms with E-state index in [4.69, 9.17) is 11.6 Å². The molecule has 10 nitrogen and oxygen atoms in total. The molecule has 5 rings (SSSR count). The molecule has 0 radical (unpaired) electrons. The van der Waals surface area contributed by atoms with Crippen LogP contribution in [-0.4, -0.2) is 81.8 Å². The number of carboxylic acid groups (broad SMARTS) is 1. The average Bonchev–Trinajstić information content (AvgIpc) is 3.45. The van der Waals surface area contributed by atoms with E-state index in [0.29, 0.717) is 58.4 Å². The Hall–Kier alpha value is -3.25. The van der Waals surface area contributed by atoms with E-state index in [9.17, 15) is 28.3 Å². The molecule has 2 amide bonds. The topological polar surface area (TPSA) is 117 Å². The Labute approximate surface area is 260 Å². The highest BCUT2D eigenvalue weighted by atomic mass is 35.5. The van der Waals surface area contributed by atoms with Crippen molar-refractivity contribution in [2.75, 3.05) is 38.0 Å². The third-order valence-corrected chi connectivity index (χ3v) is 9.88. The van der Waals surface area contributed by atoms with Gasteiger partial charge in [0.15, 0.2) is 5.75 Å². The zero-order chi connectivity index (χ0) is 31.6. The van der Waals surface area contributed by atoms with Gasteiger partial charge in [0.05, 0.1) is 11.1 Å². The van der Waals surface area contributed by atoms with E-state index in [0.717, 1.165) is 25.0 Å². The van der Waals surface area contributed by atoms with Gasteiger partial charge in [-0.25, -0.2) is 0 Å². The lowest BCUT2D eigenvalue weighted by atomic mass is 9.76. The number of benzene rings is 1. The zero-order valence-electron chi connectivity index (χ0n) is 25.1. The summed E-state index contributed by atoms with van der Waals surface area (Å²) in [5.41, 5.74) is -1.23. The van der Waals surface area contributed by atoms with Gasteiger partial charge >= 0.3 is 12.6 Å². The molecular weight excluding hydrogens is 596 g/mol. The van der Waals surface area contributed by atoms with Gasteiger partial charge < -0.3 is 25.0 Å². The number of alkyl halides is 2. The van der Waals surface area contributed by atoms with E-state index in [1.54, 1.807) is 10.9 Å². The number of halogens is 3. The third-order valence-electron chi connectivity index (χ3n) is 9.65. The molecule has 1 aromatic carbocycles. The standard InChI is InChI=1S/C31H40ClF2N5O5/c1-20(2)24-8-13-35-39(24)31(27(41)36-23-7-6-22(32)18-25(23)44-29(33)34)11-14-37(15-12-31)19-30(28(42)43)9-16-38(17-10-30)26(40)21-4-3-5-21/h6-8,13,18,20-21,29H,3-5,9-12,14-17,19H2,1-2H3,(H,36,41)(H,42,43). The lowest BCUT2D eigenvalue weighted by Crippen LogP contribution is -2.57. The van der Waals surface area contributed by atoms with Crippen LogP contribution in [0.2, 0.25) is 5.02 Å². The highest BCUT2D eigenvalue weighted by Crippen LogP contribution is 2.40. The lowest BCUT2D eigenvalue weighted by Gasteiger charge is -2.46. The second-order valence-corrected chi connectivity index (χ2v) is 13.1. The first-order valence-corrected chi connectivity index (χ1v) is 15.7. The van der Waals surface area contributed by atoms with Crippen LogP contribution >= 0.6 is 11.6 Å². The summed E-state index contributed by atoms with van der Waals surface area (Å²) in [7, 11) is 0. The highest BCUT2D eigenvalue weighted by molar-refractivity contribution is 6.30. The average molecular weight is 636 g/mol. The van der Waals surface area contributed by atoms with E-state index in [-0.39, 0.29) is 34.2 Å². The first-order valence-electron chi connectivity index (χ1n) is 15.3. The lowest BCUT2D eigenvalue weighted by molar-refractivity contribution is -0.157. The summed E-state index contributed by atoms with van der Waals surface area (Å²) in [6.45, 7) is 2.90. The summed E-state index contributed by atoms with van der Waals surface area (Å²) >= 11 is 6.01. The summed E-state index contributed by atoms with van der Waals surface area (Å²) in [6.07, 6.45) is 5.93. The van der Waals surface area contributed by atoms with Crippen LogP contribution in [0.15, 0.2) is 30.5 Å². The number of amides is 2. The van der Waals surface area contributed by atoms with Gasteiger partial charge in [-0.2, -0.15) is 13.9 Å². The SMILES string of the molecule is CC(C)c1ccnn1C1(C(=O)Nc2ccc(Cl)cc2OC(F)F)CCN(CC2(C(=O)O)CCN(C(=O)C3CCC3)CC2)CC1. The van der Waals surface area contributed by atoms with Crippen molar-refractivity contribution in [3.05, 3.63) is 41.2 Å². The van der Waals surface area contributed by atoms with Crippen molar-refractivity contribution in [2.24, 2.45) is 11.3 Å². The minimum Gasteiger partial charge on any atom is -0.481 e. The number of likely N-dealkylation sites (tertiary alicyclic amines) is 2. The van der Waals surface area contributed by atoms with Crippen molar-refractivity contribution in [3.8, 4) is 5.75 Å². The van der Waals surface area contributed by atoms with Crippen LogP contribution in [0.3, 0.4) is 0 Å². The highest BCUT2D eigenvalue weighted by Gasteiger charge is 2.49. The second kappa shape index (κ2) is 13.0. The summed E-state index contributed by atoms with van der Waals surface area (Å²) < 4.78 is 32.7. The first kappa shape index (κ1) is 32.2. The van der Waals surface area contributed by atoms with Crippen molar-refractivity contribution in [3.63, 3.8) is 0 Å². The number of carboxylic acids is 1.